The molecule has 0 aromatic carbocycles. The van der Waals surface area contributed by atoms with E-state index in [1.54, 1.807) is 19.2 Å². The van der Waals surface area contributed by atoms with E-state index in [0.29, 0.717) is 29.4 Å². The number of hydrogen-bond donors (Lipinski definition) is 2. The number of aryl methyl sites for hydroxylation is 1. The number of piperidine rings is 1. The zero-order valence-corrected chi connectivity index (χ0v) is 15.2. The number of pyridine rings is 1. The number of aromatic nitrogens is 3. The first-order valence-electron chi connectivity index (χ1n) is 8.21. The average molecular weight is 405 g/mol. The number of aromatic amines is 1. The summed E-state index contributed by atoms with van der Waals surface area (Å²) in [5.41, 5.74) is 0.655. The summed E-state index contributed by atoms with van der Waals surface area (Å²) < 4.78 is 61.6. The first-order chi connectivity index (χ1) is 12.5. The van der Waals surface area contributed by atoms with Crippen LogP contribution in [-0.4, -0.2) is 58.7 Å². The van der Waals surface area contributed by atoms with Crippen molar-refractivity contribution < 1.29 is 21.6 Å². The second-order valence-electron chi connectivity index (χ2n) is 6.47. The molecule has 0 saturated carbocycles. The van der Waals surface area contributed by atoms with Crippen LogP contribution in [0.4, 0.5) is 19.1 Å². The molecule has 0 bridgehead atoms. The van der Waals surface area contributed by atoms with Gasteiger partial charge in [-0.3, -0.25) is 4.79 Å². The molecule has 1 aliphatic heterocycles. The third-order valence-corrected chi connectivity index (χ3v) is 6.15. The normalized spacial score (nSPS) is 17.3. The standard InChI is InChI=1S/C15H18F3N5O3S/c1-9-6-10-7-19-14(22-12(10)21-13(9)24)20-11-2-4-23(5-3-11)27(25,26)8-15(16,17)18/h6-7,11H,2-5,8H2,1H3,(H2,19,20,21,22,24). The topological polar surface area (TPSA) is 108 Å². The summed E-state index contributed by atoms with van der Waals surface area (Å²) in [6.07, 6.45) is -2.57. The number of halogens is 3. The lowest BCUT2D eigenvalue weighted by Crippen LogP contribution is -2.45. The molecule has 0 atom stereocenters. The molecule has 0 spiro atoms. The highest BCUT2D eigenvalue weighted by atomic mass is 32.2. The Labute approximate surface area is 152 Å². The van der Waals surface area contributed by atoms with Crippen LogP contribution in [0.2, 0.25) is 0 Å². The summed E-state index contributed by atoms with van der Waals surface area (Å²) in [4.78, 5) is 22.7. The van der Waals surface area contributed by atoms with Crippen molar-refractivity contribution in [2.75, 3.05) is 24.2 Å². The zero-order valence-electron chi connectivity index (χ0n) is 14.4. The number of sulfonamides is 1. The maximum absolute atomic E-state index is 12.4. The molecule has 3 rings (SSSR count). The van der Waals surface area contributed by atoms with Gasteiger partial charge in [0, 0.05) is 36.3 Å². The molecule has 148 valence electrons. The van der Waals surface area contributed by atoms with Crippen molar-refractivity contribution in [2.24, 2.45) is 0 Å². The van der Waals surface area contributed by atoms with E-state index in [4.69, 9.17) is 0 Å². The third-order valence-electron chi connectivity index (χ3n) is 4.31. The number of nitrogens with zero attached hydrogens (tertiary/aromatic N) is 3. The monoisotopic (exact) mass is 405 g/mol. The summed E-state index contributed by atoms with van der Waals surface area (Å²) in [6.45, 7) is 1.64. The van der Waals surface area contributed by atoms with Gasteiger partial charge in [-0.05, 0) is 25.8 Å². The van der Waals surface area contributed by atoms with E-state index in [1.807, 2.05) is 0 Å². The van der Waals surface area contributed by atoms with Gasteiger partial charge in [-0.2, -0.15) is 18.2 Å². The van der Waals surface area contributed by atoms with E-state index in [2.05, 4.69) is 20.3 Å². The van der Waals surface area contributed by atoms with Crippen LogP contribution in [0.3, 0.4) is 0 Å². The molecule has 1 fully saturated rings. The summed E-state index contributed by atoms with van der Waals surface area (Å²) in [6, 6.07) is 1.49. The van der Waals surface area contributed by atoms with Crippen molar-refractivity contribution in [1.82, 2.24) is 19.3 Å². The van der Waals surface area contributed by atoms with Crippen LogP contribution in [0.5, 0.6) is 0 Å². The lowest BCUT2D eigenvalue weighted by atomic mass is 10.1. The lowest BCUT2D eigenvalue weighted by molar-refractivity contribution is -0.107. The molecule has 0 amide bonds. The summed E-state index contributed by atoms with van der Waals surface area (Å²) >= 11 is 0. The minimum absolute atomic E-state index is 0.0142. The molecule has 0 aliphatic carbocycles. The number of rotatable bonds is 4. The van der Waals surface area contributed by atoms with Crippen LogP contribution in [0, 0.1) is 6.92 Å². The van der Waals surface area contributed by atoms with Crippen LogP contribution in [-0.2, 0) is 10.0 Å². The molecular formula is C15H18F3N5O3S. The van der Waals surface area contributed by atoms with Crippen LogP contribution < -0.4 is 10.9 Å². The maximum atomic E-state index is 12.4. The zero-order chi connectivity index (χ0) is 19.8. The van der Waals surface area contributed by atoms with E-state index in [0.717, 1.165) is 4.31 Å². The second-order valence-corrected chi connectivity index (χ2v) is 8.44. The van der Waals surface area contributed by atoms with Gasteiger partial charge in [0.15, 0.2) is 5.75 Å². The molecule has 2 aromatic rings. The van der Waals surface area contributed by atoms with Gasteiger partial charge in [-0.15, -0.1) is 0 Å². The number of alkyl halides is 3. The van der Waals surface area contributed by atoms with Gasteiger partial charge in [0.1, 0.15) is 5.65 Å². The summed E-state index contributed by atoms with van der Waals surface area (Å²) in [7, 11) is -4.37. The first kappa shape index (κ1) is 19.5. The quantitative estimate of drug-likeness (QED) is 0.796. The number of fused-ring (bicyclic) bond motifs is 1. The molecular weight excluding hydrogens is 387 g/mol. The molecule has 8 nitrogen and oxygen atoms in total. The predicted molar refractivity (Wildman–Crippen MR) is 93.0 cm³/mol. The Kier molecular flexibility index (Phi) is 5.12. The number of anilines is 1. The fraction of sp³-hybridized carbons (Fsp3) is 0.533. The molecule has 1 aliphatic rings. The fourth-order valence-corrected chi connectivity index (χ4v) is 4.29. The van der Waals surface area contributed by atoms with Gasteiger partial charge in [0.25, 0.3) is 5.56 Å². The van der Waals surface area contributed by atoms with E-state index in [9.17, 15) is 26.4 Å². The molecule has 3 heterocycles. The van der Waals surface area contributed by atoms with Crippen molar-refractivity contribution in [1.29, 1.82) is 0 Å². The third kappa shape index (κ3) is 4.75. The van der Waals surface area contributed by atoms with Crippen molar-refractivity contribution in [2.45, 2.75) is 32.0 Å². The van der Waals surface area contributed by atoms with Crippen LogP contribution in [0.15, 0.2) is 17.1 Å². The van der Waals surface area contributed by atoms with Gasteiger partial charge in [-0.1, -0.05) is 0 Å². The minimum atomic E-state index is -4.76. The smallest absolute Gasteiger partial charge is 0.351 e. The summed E-state index contributed by atoms with van der Waals surface area (Å²) in [5.74, 6) is -1.59. The van der Waals surface area contributed by atoms with Crippen molar-refractivity contribution >= 4 is 27.0 Å². The number of hydrogen-bond acceptors (Lipinski definition) is 6. The molecule has 0 radical (unpaired) electrons. The van der Waals surface area contributed by atoms with Gasteiger partial charge < -0.3 is 10.3 Å². The Morgan fingerprint density at radius 3 is 2.63 bits per heavy atom. The number of H-pyrrole nitrogens is 1. The Balaban J connectivity index is 1.65. The highest BCUT2D eigenvalue weighted by Crippen LogP contribution is 2.23. The molecule has 1 saturated heterocycles. The van der Waals surface area contributed by atoms with Crippen molar-refractivity contribution in [3.05, 3.63) is 28.2 Å². The molecule has 12 heteroatoms. The van der Waals surface area contributed by atoms with Crippen LogP contribution >= 0.6 is 0 Å². The highest BCUT2D eigenvalue weighted by molar-refractivity contribution is 7.89. The van der Waals surface area contributed by atoms with E-state index in [-0.39, 0.29) is 30.6 Å². The average Bonchev–Trinajstić information content (AvgIpc) is 2.54. The van der Waals surface area contributed by atoms with Crippen molar-refractivity contribution in [3.63, 3.8) is 0 Å². The van der Waals surface area contributed by atoms with Crippen LogP contribution in [0.25, 0.3) is 11.0 Å². The van der Waals surface area contributed by atoms with E-state index >= 15 is 0 Å². The molecule has 0 unspecified atom stereocenters. The van der Waals surface area contributed by atoms with Crippen LogP contribution in [0.1, 0.15) is 18.4 Å². The Morgan fingerprint density at radius 2 is 2.00 bits per heavy atom. The van der Waals surface area contributed by atoms with Gasteiger partial charge in [-0.25, -0.2) is 17.7 Å². The van der Waals surface area contributed by atoms with Gasteiger partial charge >= 0.3 is 6.18 Å². The molecule has 2 aromatic heterocycles. The summed E-state index contributed by atoms with van der Waals surface area (Å²) in [5, 5.41) is 3.71. The largest absolute Gasteiger partial charge is 0.404 e. The Bertz CT molecular complexity index is 998. The molecule has 27 heavy (non-hydrogen) atoms. The van der Waals surface area contributed by atoms with E-state index < -0.39 is 22.0 Å². The van der Waals surface area contributed by atoms with E-state index in [1.165, 1.54) is 0 Å². The number of nitrogens with one attached hydrogen (secondary N) is 2. The Hall–Kier alpha value is -2.21. The lowest BCUT2D eigenvalue weighted by Gasteiger charge is -2.31. The van der Waals surface area contributed by atoms with Gasteiger partial charge in [0.2, 0.25) is 16.0 Å². The maximum Gasteiger partial charge on any atom is 0.404 e. The first-order valence-corrected chi connectivity index (χ1v) is 9.82. The minimum Gasteiger partial charge on any atom is -0.351 e. The predicted octanol–water partition coefficient (Wildman–Crippen LogP) is 1.39. The Morgan fingerprint density at radius 1 is 1.33 bits per heavy atom. The SMILES string of the molecule is Cc1cc2cnc(NC3CCN(S(=O)(=O)CC(F)(F)F)CC3)nc2[nH]c1=O. The van der Waals surface area contributed by atoms with Gasteiger partial charge in [0.05, 0.1) is 0 Å². The second kappa shape index (κ2) is 7.08. The molecule has 2 N–H and O–H groups in total. The van der Waals surface area contributed by atoms with Crippen molar-refractivity contribution in [3.8, 4) is 0 Å². The fourth-order valence-electron chi connectivity index (χ4n) is 2.93. The highest BCUT2D eigenvalue weighted by Gasteiger charge is 2.39.